The Labute approximate surface area is 145 Å². The van der Waals surface area contributed by atoms with E-state index < -0.39 is 11.6 Å². The van der Waals surface area contributed by atoms with Gasteiger partial charge in [-0.3, -0.25) is 4.79 Å². The molecule has 0 unspecified atom stereocenters. The van der Waals surface area contributed by atoms with Gasteiger partial charge in [0.15, 0.2) is 0 Å². The summed E-state index contributed by atoms with van der Waals surface area (Å²) in [5.74, 6) is 0.172. The van der Waals surface area contributed by atoms with E-state index in [2.05, 4.69) is 5.32 Å². The maximum atomic E-state index is 12.3. The molecule has 1 amide bonds. The standard InChI is InChI=1S/C18H18ClNO4/c1-12(21)20-14-6-10-15(11-7-14)23-17(22)18(2,3)24-16-8-4-13(19)5-9-16/h4-11H,1-3H3,(H,20,21). The van der Waals surface area contributed by atoms with Crippen LogP contribution in [-0.2, 0) is 9.59 Å². The number of hydrogen-bond donors (Lipinski definition) is 1. The van der Waals surface area contributed by atoms with E-state index in [9.17, 15) is 9.59 Å². The van der Waals surface area contributed by atoms with Crippen LogP contribution in [0.15, 0.2) is 48.5 Å². The lowest BCUT2D eigenvalue weighted by atomic mass is 10.1. The first-order valence-corrected chi connectivity index (χ1v) is 7.68. The molecule has 2 rings (SSSR count). The summed E-state index contributed by atoms with van der Waals surface area (Å²) in [6.45, 7) is 4.66. The van der Waals surface area contributed by atoms with Crippen molar-refractivity contribution in [2.24, 2.45) is 0 Å². The summed E-state index contributed by atoms with van der Waals surface area (Å²) in [4.78, 5) is 23.3. The van der Waals surface area contributed by atoms with Crippen molar-refractivity contribution in [2.75, 3.05) is 5.32 Å². The van der Waals surface area contributed by atoms with Gasteiger partial charge in [0.2, 0.25) is 11.5 Å². The Kier molecular flexibility index (Phi) is 5.46. The molecular formula is C18H18ClNO4. The van der Waals surface area contributed by atoms with Crippen molar-refractivity contribution in [2.45, 2.75) is 26.4 Å². The molecule has 0 aliphatic rings. The van der Waals surface area contributed by atoms with E-state index in [4.69, 9.17) is 21.1 Å². The SMILES string of the molecule is CC(=O)Nc1ccc(OC(=O)C(C)(C)Oc2ccc(Cl)cc2)cc1. The maximum absolute atomic E-state index is 12.3. The third-order valence-electron chi connectivity index (χ3n) is 3.06. The molecule has 0 heterocycles. The lowest BCUT2D eigenvalue weighted by Gasteiger charge is -2.24. The third kappa shape index (κ3) is 4.99. The molecule has 126 valence electrons. The number of nitrogens with one attached hydrogen (secondary N) is 1. The van der Waals surface area contributed by atoms with Crippen LogP contribution in [0, 0.1) is 0 Å². The topological polar surface area (TPSA) is 64.6 Å². The van der Waals surface area contributed by atoms with Crippen molar-refractivity contribution in [3.05, 3.63) is 53.6 Å². The van der Waals surface area contributed by atoms with Gasteiger partial charge in [-0.2, -0.15) is 0 Å². The fraction of sp³-hybridized carbons (Fsp3) is 0.222. The molecule has 0 aliphatic carbocycles. The number of anilines is 1. The molecular weight excluding hydrogens is 330 g/mol. The lowest BCUT2D eigenvalue weighted by Crippen LogP contribution is -2.41. The molecule has 1 N–H and O–H groups in total. The van der Waals surface area contributed by atoms with Gasteiger partial charge in [0.1, 0.15) is 11.5 Å². The molecule has 0 aromatic heterocycles. The Bertz CT molecular complexity index is 724. The van der Waals surface area contributed by atoms with Gasteiger partial charge in [0, 0.05) is 17.6 Å². The number of rotatable bonds is 5. The van der Waals surface area contributed by atoms with Crippen LogP contribution in [0.25, 0.3) is 0 Å². The summed E-state index contributed by atoms with van der Waals surface area (Å²) >= 11 is 5.82. The second kappa shape index (κ2) is 7.36. The van der Waals surface area contributed by atoms with Gasteiger partial charge >= 0.3 is 5.97 Å². The number of carbonyl (C=O) groups is 2. The highest BCUT2D eigenvalue weighted by Crippen LogP contribution is 2.23. The van der Waals surface area contributed by atoms with Crippen LogP contribution in [0.2, 0.25) is 5.02 Å². The van der Waals surface area contributed by atoms with Gasteiger partial charge < -0.3 is 14.8 Å². The molecule has 0 saturated carbocycles. The minimum Gasteiger partial charge on any atom is -0.476 e. The molecule has 2 aromatic rings. The molecule has 0 atom stereocenters. The van der Waals surface area contributed by atoms with Crippen molar-refractivity contribution in [3.8, 4) is 11.5 Å². The number of esters is 1. The van der Waals surface area contributed by atoms with Crippen molar-refractivity contribution in [1.82, 2.24) is 0 Å². The van der Waals surface area contributed by atoms with Crippen molar-refractivity contribution in [1.29, 1.82) is 0 Å². The molecule has 0 spiro atoms. The first-order valence-electron chi connectivity index (χ1n) is 7.31. The number of carbonyl (C=O) groups excluding carboxylic acids is 2. The van der Waals surface area contributed by atoms with Crippen molar-refractivity contribution >= 4 is 29.2 Å². The van der Waals surface area contributed by atoms with Crippen LogP contribution in [0.5, 0.6) is 11.5 Å². The van der Waals surface area contributed by atoms with E-state index in [1.54, 1.807) is 62.4 Å². The molecule has 6 heteroatoms. The monoisotopic (exact) mass is 347 g/mol. The summed E-state index contributed by atoms with van der Waals surface area (Å²) in [6, 6.07) is 13.2. The van der Waals surface area contributed by atoms with E-state index in [1.807, 2.05) is 0 Å². The second-order valence-corrected chi connectivity index (χ2v) is 6.10. The first kappa shape index (κ1) is 17.8. The van der Waals surface area contributed by atoms with Gasteiger partial charge in [0.25, 0.3) is 0 Å². The zero-order valence-electron chi connectivity index (χ0n) is 13.6. The molecule has 0 bridgehead atoms. The van der Waals surface area contributed by atoms with E-state index >= 15 is 0 Å². The highest BCUT2D eigenvalue weighted by Gasteiger charge is 2.32. The van der Waals surface area contributed by atoms with E-state index in [0.717, 1.165) is 0 Å². The van der Waals surface area contributed by atoms with Gasteiger partial charge in [-0.05, 0) is 62.4 Å². The Morgan fingerprint density at radius 2 is 1.50 bits per heavy atom. The number of benzene rings is 2. The normalized spacial score (nSPS) is 10.8. The number of halogens is 1. The predicted octanol–water partition coefficient (Wildman–Crippen LogP) is 4.06. The van der Waals surface area contributed by atoms with E-state index in [0.29, 0.717) is 22.2 Å². The van der Waals surface area contributed by atoms with Gasteiger partial charge in [0.05, 0.1) is 0 Å². The first-order chi connectivity index (χ1) is 11.3. The van der Waals surface area contributed by atoms with Gasteiger partial charge in [-0.15, -0.1) is 0 Å². The van der Waals surface area contributed by atoms with Crippen LogP contribution in [-0.4, -0.2) is 17.5 Å². The number of ether oxygens (including phenoxy) is 2. The Balaban J connectivity index is 2.01. The summed E-state index contributed by atoms with van der Waals surface area (Å²) in [5, 5.41) is 3.22. The lowest BCUT2D eigenvalue weighted by molar-refractivity contribution is -0.149. The summed E-state index contributed by atoms with van der Waals surface area (Å²) in [7, 11) is 0. The molecule has 0 saturated heterocycles. The van der Waals surface area contributed by atoms with Crippen LogP contribution < -0.4 is 14.8 Å². The maximum Gasteiger partial charge on any atom is 0.355 e. The quantitative estimate of drug-likeness (QED) is 0.654. The van der Waals surface area contributed by atoms with Crippen LogP contribution >= 0.6 is 11.6 Å². The van der Waals surface area contributed by atoms with Gasteiger partial charge in [-0.25, -0.2) is 4.79 Å². The second-order valence-electron chi connectivity index (χ2n) is 5.66. The average molecular weight is 348 g/mol. The third-order valence-corrected chi connectivity index (χ3v) is 3.32. The van der Waals surface area contributed by atoms with Gasteiger partial charge in [-0.1, -0.05) is 11.6 Å². The minimum absolute atomic E-state index is 0.169. The Hall–Kier alpha value is -2.53. The van der Waals surface area contributed by atoms with Crippen LogP contribution in [0.3, 0.4) is 0 Å². The molecule has 24 heavy (non-hydrogen) atoms. The Morgan fingerprint density at radius 3 is 2.04 bits per heavy atom. The molecule has 2 aromatic carbocycles. The predicted molar refractivity (Wildman–Crippen MR) is 92.5 cm³/mol. The van der Waals surface area contributed by atoms with Crippen LogP contribution in [0.1, 0.15) is 20.8 Å². The molecule has 5 nitrogen and oxygen atoms in total. The highest BCUT2D eigenvalue weighted by atomic mass is 35.5. The molecule has 0 aliphatic heterocycles. The molecule has 0 radical (unpaired) electrons. The van der Waals surface area contributed by atoms with E-state index in [-0.39, 0.29) is 5.91 Å². The fourth-order valence-corrected chi connectivity index (χ4v) is 2.00. The number of amides is 1. The number of hydrogen-bond acceptors (Lipinski definition) is 4. The minimum atomic E-state index is -1.18. The van der Waals surface area contributed by atoms with Crippen LogP contribution in [0.4, 0.5) is 5.69 Å². The zero-order valence-corrected chi connectivity index (χ0v) is 14.4. The molecule has 0 fully saturated rings. The largest absolute Gasteiger partial charge is 0.476 e. The highest BCUT2D eigenvalue weighted by molar-refractivity contribution is 6.30. The van der Waals surface area contributed by atoms with E-state index in [1.165, 1.54) is 6.92 Å². The van der Waals surface area contributed by atoms with Crippen molar-refractivity contribution < 1.29 is 19.1 Å². The summed E-state index contributed by atoms with van der Waals surface area (Å²) in [5.41, 5.74) is -0.552. The Morgan fingerprint density at radius 1 is 0.958 bits per heavy atom. The summed E-state index contributed by atoms with van der Waals surface area (Å²) in [6.07, 6.45) is 0. The van der Waals surface area contributed by atoms with Crippen molar-refractivity contribution in [3.63, 3.8) is 0 Å². The fourth-order valence-electron chi connectivity index (χ4n) is 1.88. The zero-order chi connectivity index (χ0) is 17.7. The summed E-state index contributed by atoms with van der Waals surface area (Å²) < 4.78 is 11.0. The average Bonchev–Trinajstić information content (AvgIpc) is 2.51. The smallest absolute Gasteiger partial charge is 0.355 e.